The van der Waals surface area contributed by atoms with Gasteiger partial charge in [0.05, 0.1) is 0 Å². The highest BCUT2D eigenvalue weighted by molar-refractivity contribution is 5.84. The molecular weight excluding hydrogens is 228 g/mol. The molecule has 3 nitrogen and oxygen atoms in total. The summed E-state index contributed by atoms with van der Waals surface area (Å²) >= 11 is 0. The Bertz CT molecular complexity index is 416. The Morgan fingerprint density at radius 1 is 1.29 bits per heavy atom. The zero-order chi connectivity index (χ0) is 13.2. The predicted octanol–water partition coefficient (Wildman–Crippen LogP) is 3.62. The first-order valence-corrected chi connectivity index (χ1v) is 5.15. The number of amides is 1. The second-order valence-electron chi connectivity index (χ2n) is 4.72. The molecule has 0 aliphatic heterocycles. The molecule has 0 radical (unpaired) electrons. The molecule has 0 heterocycles. The van der Waals surface area contributed by atoms with Crippen molar-refractivity contribution < 1.29 is 18.3 Å². The average molecular weight is 243 g/mol. The van der Waals surface area contributed by atoms with E-state index in [0.29, 0.717) is 0 Å². The van der Waals surface area contributed by atoms with Gasteiger partial charge in [-0.15, -0.1) is 0 Å². The summed E-state index contributed by atoms with van der Waals surface area (Å²) < 4.78 is 31.0. The summed E-state index contributed by atoms with van der Waals surface area (Å²) in [5.74, 6) is -1.92. The molecule has 1 N–H and O–H groups in total. The van der Waals surface area contributed by atoms with Crippen LogP contribution in [0.15, 0.2) is 12.1 Å². The molecule has 0 saturated heterocycles. The van der Waals surface area contributed by atoms with Crippen molar-refractivity contribution in [2.75, 3.05) is 5.32 Å². The third-order valence-electron chi connectivity index (χ3n) is 1.86. The van der Waals surface area contributed by atoms with E-state index in [1.54, 1.807) is 20.8 Å². The van der Waals surface area contributed by atoms with Crippen LogP contribution < -0.4 is 5.32 Å². The number of aryl methyl sites for hydroxylation is 1. The fraction of sp³-hybridized carbons (Fsp3) is 0.417. The quantitative estimate of drug-likeness (QED) is 0.818. The number of nitrogens with one attached hydrogen (secondary N) is 1. The molecular formula is C12H15F2NO2. The topological polar surface area (TPSA) is 38.3 Å². The minimum absolute atomic E-state index is 0.121. The van der Waals surface area contributed by atoms with Crippen LogP contribution in [0.2, 0.25) is 0 Å². The molecule has 1 amide bonds. The van der Waals surface area contributed by atoms with Gasteiger partial charge < -0.3 is 4.74 Å². The van der Waals surface area contributed by atoms with E-state index in [4.69, 9.17) is 4.74 Å². The van der Waals surface area contributed by atoms with Gasteiger partial charge in [-0.2, -0.15) is 0 Å². The first-order valence-electron chi connectivity index (χ1n) is 5.15. The fourth-order valence-electron chi connectivity index (χ4n) is 1.22. The Labute approximate surface area is 98.8 Å². The lowest BCUT2D eigenvalue weighted by Gasteiger charge is -2.19. The third-order valence-corrected chi connectivity index (χ3v) is 1.86. The van der Waals surface area contributed by atoms with Gasteiger partial charge in [-0.1, -0.05) is 0 Å². The number of hydrogen-bond donors (Lipinski definition) is 1. The number of carbonyl (C=O) groups is 1. The van der Waals surface area contributed by atoms with E-state index in [1.165, 1.54) is 13.0 Å². The van der Waals surface area contributed by atoms with E-state index in [1.807, 2.05) is 0 Å². The molecule has 0 spiro atoms. The van der Waals surface area contributed by atoms with Gasteiger partial charge >= 0.3 is 6.09 Å². The summed E-state index contributed by atoms with van der Waals surface area (Å²) in [5.41, 5.74) is -0.357. The van der Waals surface area contributed by atoms with Crippen LogP contribution in [0.4, 0.5) is 19.3 Å². The van der Waals surface area contributed by atoms with Gasteiger partial charge in [0.1, 0.15) is 5.60 Å². The van der Waals surface area contributed by atoms with Crippen molar-refractivity contribution in [1.82, 2.24) is 0 Å². The molecule has 0 bridgehead atoms. The summed E-state index contributed by atoms with van der Waals surface area (Å²) in [6.07, 6.45) is -0.706. The Hall–Kier alpha value is -1.65. The summed E-state index contributed by atoms with van der Waals surface area (Å²) in [7, 11) is 0. The fourth-order valence-corrected chi connectivity index (χ4v) is 1.22. The van der Waals surface area contributed by atoms with Crippen LogP contribution in [0.1, 0.15) is 26.3 Å². The van der Waals surface area contributed by atoms with Gasteiger partial charge in [-0.3, -0.25) is 5.32 Å². The van der Waals surface area contributed by atoms with Crippen LogP contribution >= 0.6 is 0 Å². The first-order chi connectivity index (χ1) is 7.69. The number of carbonyl (C=O) groups excluding carboxylic acids is 1. The Morgan fingerprint density at radius 2 is 1.88 bits per heavy atom. The molecule has 1 aromatic rings. The highest BCUT2D eigenvalue weighted by Gasteiger charge is 2.17. The van der Waals surface area contributed by atoms with Crippen LogP contribution in [0.3, 0.4) is 0 Å². The minimum Gasteiger partial charge on any atom is -0.444 e. The third kappa shape index (κ3) is 4.01. The largest absolute Gasteiger partial charge is 0.444 e. The van der Waals surface area contributed by atoms with Crippen molar-refractivity contribution in [2.24, 2.45) is 0 Å². The lowest BCUT2D eigenvalue weighted by molar-refractivity contribution is 0.0636. The Morgan fingerprint density at radius 3 is 2.35 bits per heavy atom. The maximum atomic E-state index is 13.1. The Balaban J connectivity index is 2.79. The lowest BCUT2D eigenvalue weighted by Crippen LogP contribution is -2.27. The molecule has 17 heavy (non-hydrogen) atoms. The van der Waals surface area contributed by atoms with E-state index in [9.17, 15) is 13.6 Å². The van der Waals surface area contributed by atoms with E-state index in [2.05, 4.69) is 5.32 Å². The van der Waals surface area contributed by atoms with E-state index >= 15 is 0 Å². The standard InChI is InChI=1S/C12H15F2NO2/c1-7-5-8(6-9(13)10(7)14)15-11(16)17-12(2,3)4/h5-6H,1-4H3,(H,15,16). The van der Waals surface area contributed by atoms with Gasteiger partial charge in [-0.05, 0) is 39.3 Å². The maximum Gasteiger partial charge on any atom is 0.412 e. The van der Waals surface area contributed by atoms with Gasteiger partial charge in [0.15, 0.2) is 11.6 Å². The van der Waals surface area contributed by atoms with Gasteiger partial charge in [0.25, 0.3) is 0 Å². The summed E-state index contributed by atoms with van der Waals surface area (Å²) in [6, 6.07) is 2.24. The highest BCUT2D eigenvalue weighted by Crippen LogP contribution is 2.18. The van der Waals surface area contributed by atoms with E-state index < -0.39 is 23.3 Å². The zero-order valence-corrected chi connectivity index (χ0v) is 10.2. The molecule has 0 unspecified atom stereocenters. The maximum absolute atomic E-state index is 13.1. The molecule has 1 rings (SSSR count). The van der Waals surface area contributed by atoms with Crippen molar-refractivity contribution in [3.8, 4) is 0 Å². The number of hydrogen-bond acceptors (Lipinski definition) is 2. The normalized spacial score (nSPS) is 11.2. The number of anilines is 1. The smallest absolute Gasteiger partial charge is 0.412 e. The molecule has 1 aromatic carbocycles. The Kier molecular flexibility index (Phi) is 3.70. The SMILES string of the molecule is Cc1cc(NC(=O)OC(C)(C)C)cc(F)c1F. The van der Waals surface area contributed by atoms with Crippen LogP contribution in [0.5, 0.6) is 0 Å². The van der Waals surface area contributed by atoms with Crippen molar-refractivity contribution >= 4 is 11.8 Å². The predicted molar refractivity (Wildman–Crippen MR) is 61.0 cm³/mol. The second kappa shape index (κ2) is 4.69. The van der Waals surface area contributed by atoms with Gasteiger partial charge in [0, 0.05) is 11.8 Å². The monoisotopic (exact) mass is 243 g/mol. The molecule has 0 aromatic heterocycles. The molecule has 0 atom stereocenters. The van der Waals surface area contributed by atoms with Crippen molar-refractivity contribution in [1.29, 1.82) is 0 Å². The zero-order valence-electron chi connectivity index (χ0n) is 10.2. The van der Waals surface area contributed by atoms with Gasteiger partial charge in [-0.25, -0.2) is 13.6 Å². The molecule has 0 fully saturated rings. The van der Waals surface area contributed by atoms with Crippen LogP contribution in [0.25, 0.3) is 0 Å². The molecule has 0 saturated carbocycles. The van der Waals surface area contributed by atoms with Gasteiger partial charge in [0.2, 0.25) is 0 Å². The lowest BCUT2D eigenvalue weighted by atomic mass is 10.2. The van der Waals surface area contributed by atoms with Crippen LogP contribution in [-0.2, 0) is 4.74 Å². The molecule has 0 aliphatic rings. The van der Waals surface area contributed by atoms with E-state index in [0.717, 1.165) is 6.07 Å². The summed E-state index contributed by atoms with van der Waals surface area (Å²) in [4.78, 5) is 11.4. The number of benzene rings is 1. The molecule has 5 heteroatoms. The number of ether oxygens (including phenoxy) is 1. The van der Waals surface area contributed by atoms with Crippen molar-refractivity contribution in [3.05, 3.63) is 29.3 Å². The first kappa shape index (κ1) is 13.4. The summed E-state index contributed by atoms with van der Waals surface area (Å²) in [6.45, 7) is 6.55. The number of halogens is 2. The second-order valence-corrected chi connectivity index (χ2v) is 4.72. The molecule has 94 valence electrons. The van der Waals surface area contributed by atoms with Crippen LogP contribution in [0, 0.1) is 18.6 Å². The number of rotatable bonds is 1. The highest BCUT2D eigenvalue weighted by atomic mass is 19.2. The van der Waals surface area contributed by atoms with Crippen LogP contribution in [-0.4, -0.2) is 11.7 Å². The summed E-state index contributed by atoms with van der Waals surface area (Å²) in [5, 5.41) is 2.34. The average Bonchev–Trinajstić information content (AvgIpc) is 2.10. The van der Waals surface area contributed by atoms with Crippen molar-refractivity contribution in [2.45, 2.75) is 33.3 Å². The molecule has 0 aliphatic carbocycles. The van der Waals surface area contributed by atoms with Crippen molar-refractivity contribution in [3.63, 3.8) is 0 Å². The minimum atomic E-state index is -1.00. The van der Waals surface area contributed by atoms with E-state index in [-0.39, 0.29) is 11.3 Å².